The van der Waals surface area contributed by atoms with Crippen LogP contribution in [0.4, 0.5) is 11.8 Å². The molecule has 4 N–H and O–H groups in total. The van der Waals surface area contributed by atoms with Gasteiger partial charge in [-0.1, -0.05) is 6.42 Å². The van der Waals surface area contributed by atoms with Crippen LogP contribution in [0.1, 0.15) is 25.7 Å². The maximum atomic E-state index is 9.54. The van der Waals surface area contributed by atoms with Crippen LogP contribution in [0.2, 0.25) is 0 Å². The SMILES string of the molecule is Nc1ccnc(NCC2CCCC(O)C2)n1. The van der Waals surface area contributed by atoms with Gasteiger partial charge < -0.3 is 16.2 Å². The number of aliphatic hydroxyl groups excluding tert-OH is 1. The van der Waals surface area contributed by atoms with E-state index in [1.807, 2.05) is 0 Å². The second kappa shape index (κ2) is 5.12. The van der Waals surface area contributed by atoms with E-state index >= 15 is 0 Å². The minimum atomic E-state index is -0.137. The van der Waals surface area contributed by atoms with Crippen LogP contribution in [-0.4, -0.2) is 27.7 Å². The lowest BCUT2D eigenvalue weighted by Gasteiger charge is -2.25. The summed E-state index contributed by atoms with van der Waals surface area (Å²) in [5.41, 5.74) is 5.56. The molecule has 0 aliphatic heterocycles. The number of hydrogen-bond donors (Lipinski definition) is 3. The molecule has 1 heterocycles. The van der Waals surface area contributed by atoms with Crippen molar-refractivity contribution in [1.82, 2.24) is 9.97 Å². The number of hydrogen-bond acceptors (Lipinski definition) is 5. The lowest BCUT2D eigenvalue weighted by molar-refractivity contribution is 0.104. The molecule has 0 spiro atoms. The molecule has 88 valence electrons. The first-order chi connectivity index (χ1) is 7.74. The summed E-state index contributed by atoms with van der Waals surface area (Å²) in [5.74, 6) is 1.55. The fourth-order valence-corrected chi connectivity index (χ4v) is 2.14. The molecule has 2 unspecified atom stereocenters. The Morgan fingerprint density at radius 2 is 2.38 bits per heavy atom. The van der Waals surface area contributed by atoms with Gasteiger partial charge in [-0.25, -0.2) is 4.98 Å². The van der Waals surface area contributed by atoms with E-state index in [-0.39, 0.29) is 6.10 Å². The van der Waals surface area contributed by atoms with Crippen molar-refractivity contribution in [2.24, 2.45) is 5.92 Å². The van der Waals surface area contributed by atoms with Crippen molar-refractivity contribution in [2.75, 3.05) is 17.6 Å². The molecule has 1 fully saturated rings. The molecule has 2 rings (SSSR count). The molecule has 16 heavy (non-hydrogen) atoms. The molecular weight excluding hydrogens is 204 g/mol. The minimum absolute atomic E-state index is 0.137. The van der Waals surface area contributed by atoms with Gasteiger partial charge in [-0.05, 0) is 31.2 Å². The zero-order valence-electron chi connectivity index (χ0n) is 9.26. The lowest BCUT2D eigenvalue weighted by Crippen LogP contribution is -2.25. The van der Waals surface area contributed by atoms with Crippen molar-refractivity contribution in [3.8, 4) is 0 Å². The van der Waals surface area contributed by atoms with E-state index in [1.54, 1.807) is 12.3 Å². The quantitative estimate of drug-likeness (QED) is 0.711. The van der Waals surface area contributed by atoms with E-state index in [1.165, 1.54) is 0 Å². The van der Waals surface area contributed by atoms with E-state index in [2.05, 4.69) is 15.3 Å². The van der Waals surface area contributed by atoms with Crippen LogP contribution in [0.5, 0.6) is 0 Å². The molecule has 0 aromatic carbocycles. The molecule has 1 aromatic heterocycles. The Morgan fingerprint density at radius 1 is 1.50 bits per heavy atom. The summed E-state index contributed by atoms with van der Waals surface area (Å²) in [6.45, 7) is 0.806. The highest BCUT2D eigenvalue weighted by atomic mass is 16.3. The van der Waals surface area contributed by atoms with Gasteiger partial charge >= 0.3 is 0 Å². The Kier molecular flexibility index (Phi) is 3.56. The molecule has 1 aromatic rings. The number of aliphatic hydroxyl groups is 1. The van der Waals surface area contributed by atoms with Crippen LogP contribution in [0.25, 0.3) is 0 Å². The van der Waals surface area contributed by atoms with Crippen molar-refractivity contribution in [3.05, 3.63) is 12.3 Å². The van der Waals surface area contributed by atoms with Crippen LogP contribution < -0.4 is 11.1 Å². The average molecular weight is 222 g/mol. The highest BCUT2D eigenvalue weighted by molar-refractivity contribution is 5.34. The smallest absolute Gasteiger partial charge is 0.224 e. The fraction of sp³-hybridized carbons (Fsp3) is 0.636. The normalized spacial score (nSPS) is 25.3. The summed E-state index contributed by atoms with van der Waals surface area (Å²) >= 11 is 0. The standard InChI is InChI=1S/C11H18N4O/c12-10-4-5-13-11(15-10)14-7-8-2-1-3-9(16)6-8/h4-5,8-9,16H,1-3,6-7H2,(H3,12,13,14,15). The van der Waals surface area contributed by atoms with Gasteiger partial charge in [-0.15, -0.1) is 0 Å². The van der Waals surface area contributed by atoms with E-state index in [9.17, 15) is 5.11 Å². The molecule has 1 saturated carbocycles. The van der Waals surface area contributed by atoms with Gasteiger partial charge in [0.05, 0.1) is 6.10 Å². The molecule has 1 aliphatic carbocycles. The van der Waals surface area contributed by atoms with Crippen LogP contribution in [0.15, 0.2) is 12.3 Å². The van der Waals surface area contributed by atoms with Crippen molar-refractivity contribution in [1.29, 1.82) is 0 Å². The first-order valence-electron chi connectivity index (χ1n) is 5.74. The summed E-state index contributed by atoms with van der Waals surface area (Å²) in [6.07, 6.45) is 5.57. The average Bonchev–Trinajstić information content (AvgIpc) is 2.27. The number of nitrogens with zero attached hydrogens (tertiary/aromatic N) is 2. The van der Waals surface area contributed by atoms with Crippen LogP contribution >= 0.6 is 0 Å². The van der Waals surface area contributed by atoms with Gasteiger partial charge in [-0.2, -0.15) is 4.98 Å². The molecule has 0 amide bonds. The molecule has 0 saturated heterocycles. The first-order valence-corrected chi connectivity index (χ1v) is 5.74. The zero-order chi connectivity index (χ0) is 11.4. The third kappa shape index (κ3) is 3.06. The third-order valence-corrected chi connectivity index (χ3v) is 2.98. The third-order valence-electron chi connectivity index (χ3n) is 2.98. The monoisotopic (exact) mass is 222 g/mol. The fourth-order valence-electron chi connectivity index (χ4n) is 2.14. The Balaban J connectivity index is 1.82. The summed E-state index contributed by atoms with van der Waals surface area (Å²) in [6, 6.07) is 1.66. The summed E-state index contributed by atoms with van der Waals surface area (Å²) in [7, 11) is 0. The van der Waals surface area contributed by atoms with Gasteiger partial charge in [0.1, 0.15) is 5.82 Å². The molecule has 2 atom stereocenters. The highest BCUT2D eigenvalue weighted by Crippen LogP contribution is 2.24. The van der Waals surface area contributed by atoms with Crippen LogP contribution in [-0.2, 0) is 0 Å². The second-order valence-corrected chi connectivity index (χ2v) is 4.37. The molecule has 5 nitrogen and oxygen atoms in total. The Bertz CT molecular complexity index is 345. The number of nitrogen functional groups attached to an aromatic ring is 1. The number of rotatable bonds is 3. The molecule has 0 bridgehead atoms. The van der Waals surface area contributed by atoms with Crippen molar-refractivity contribution in [2.45, 2.75) is 31.8 Å². The number of aromatic nitrogens is 2. The topological polar surface area (TPSA) is 84.1 Å². The van der Waals surface area contributed by atoms with Crippen LogP contribution in [0.3, 0.4) is 0 Å². The Morgan fingerprint density at radius 3 is 3.12 bits per heavy atom. The summed E-state index contributed by atoms with van der Waals surface area (Å²) in [5, 5.41) is 12.7. The first kappa shape index (κ1) is 11.1. The van der Waals surface area contributed by atoms with Crippen LogP contribution in [0, 0.1) is 5.92 Å². The molecular formula is C11H18N4O. The predicted octanol–water partition coefficient (Wildman–Crippen LogP) is 1.02. The molecule has 5 heteroatoms. The number of nitrogens with one attached hydrogen (secondary N) is 1. The van der Waals surface area contributed by atoms with E-state index in [4.69, 9.17) is 5.73 Å². The second-order valence-electron chi connectivity index (χ2n) is 4.37. The predicted molar refractivity (Wildman–Crippen MR) is 62.9 cm³/mol. The number of anilines is 2. The van der Waals surface area contributed by atoms with Gasteiger partial charge in [0.2, 0.25) is 5.95 Å². The van der Waals surface area contributed by atoms with E-state index in [0.29, 0.717) is 17.7 Å². The molecule has 0 radical (unpaired) electrons. The van der Waals surface area contributed by atoms with Crippen molar-refractivity contribution in [3.63, 3.8) is 0 Å². The van der Waals surface area contributed by atoms with E-state index < -0.39 is 0 Å². The maximum Gasteiger partial charge on any atom is 0.224 e. The van der Waals surface area contributed by atoms with Gasteiger partial charge in [0.25, 0.3) is 0 Å². The van der Waals surface area contributed by atoms with Gasteiger partial charge in [0, 0.05) is 12.7 Å². The maximum absolute atomic E-state index is 9.54. The minimum Gasteiger partial charge on any atom is -0.393 e. The lowest BCUT2D eigenvalue weighted by atomic mass is 9.87. The zero-order valence-corrected chi connectivity index (χ0v) is 9.26. The number of nitrogens with two attached hydrogens (primary N) is 1. The van der Waals surface area contributed by atoms with Gasteiger partial charge in [0.15, 0.2) is 0 Å². The van der Waals surface area contributed by atoms with Crippen molar-refractivity contribution >= 4 is 11.8 Å². The largest absolute Gasteiger partial charge is 0.393 e. The Hall–Kier alpha value is -1.36. The summed E-state index contributed by atoms with van der Waals surface area (Å²) < 4.78 is 0. The highest BCUT2D eigenvalue weighted by Gasteiger charge is 2.19. The van der Waals surface area contributed by atoms with E-state index in [0.717, 1.165) is 32.2 Å². The van der Waals surface area contributed by atoms with Crippen molar-refractivity contribution < 1.29 is 5.11 Å². The molecule has 1 aliphatic rings. The van der Waals surface area contributed by atoms with Gasteiger partial charge in [-0.3, -0.25) is 0 Å². The summed E-state index contributed by atoms with van der Waals surface area (Å²) in [4.78, 5) is 8.15. The Labute approximate surface area is 95.1 Å².